The minimum Gasteiger partial charge on any atom is -0.318 e. The van der Waals surface area contributed by atoms with Gasteiger partial charge in [-0.2, -0.15) is 10.4 Å². The number of aromatic nitrogens is 1. The summed E-state index contributed by atoms with van der Waals surface area (Å²) in [7, 11) is 0. The molecule has 2 aromatic carbocycles. The number of carbonyl (C=O) groups is 1. The predicted molar refractivity (Wildman–Crippen MR) is 106 cm³/mol. The van der Waals surface area contributed by atoms with Gasteiger partial charge in [-0.25, -0.2) is 14.2 Å². The fraction of sp³-hybridized carbons (Fsp3) is 0.0952. The van der Waals surface area contributed by atoms with Crippen molar-refractivity contribution >= 4 is 23.7 Å². The van der Waals surface area contributed by atoms with Crippen LogP contribution in [0.5, 0.6) is 0 Å². The first kappa shape index (κ1) is 20.2. The Morgan fingerprint density at radius 1 is 1.17 bits per heavy atom. The summed E-state index contributed by atoms with van der Waals surface area (Å²) in [6.07, 6.45) is 1.43. The number of carbonyl (C=O) groups excluding carboxylic acids is 1. The van der Waals surface area contributed by atoms with Crippen molar-refractivity contribution in [3.8, 4) is 11.8 Å². The van der Waals surface area contributed by atoms with E-state index in [1.165, 1.54) is 30.5 Å². The summed E-state index contributed by atoms with van der Waals surface area (Å²) in [5, 5.41) is 12.7. The van der Waals surface area contributed by atoms with E-state index in [1.807, 2.05) is 24.5 Å². The number of nitrogens with zero attached hydrogens (tertiary/aromatic N) is 3. The molecule has 146 valence electrons. The summed E-state index contributed by atoms with van der Waals surface area (Å²) in [5.41, 5.74) is 5.23. The van der Waals surface area contributed by atoms with Gasteiger partial charge in [0.15, 0.2) is 0 Å². The number of rotatable bonds is 4. The van der Waals surface area contributed by atoms with Gasteiger partial charge in [0.05, 0.1) is 28.4 Å². The quantitative estimate of drug-likeness (QED) is 0.500. The van der Waals surface area contributed by atoms with E-state index in [0.29, 0.717) is 11.3 Å². The Morgan fingerprint density at radius 2 is 1.93 bits per heavy atom. The largest absolute Gasteiger partial charge is 0.318 e. The lowest BCUT2D eigenvalue weighted by atomic mass is 10.1. The van der Waals surface area contributed by atoms with E-state index in [4.69, 9.17) is 16.9 Å². The van der Waals surface area contributed by atoms with Gasteiger partial charge in [0.25, 0.3) is 5.91 Å². The van der Waals surface area contributed by atoms with Crippen molar-refractivity contribution < 1.29 is 13.6 Å². The molecule has 0 aliphatic heterocycles. The molecule has 0 saturated heterocycles. The summed E-state index contributed by atoms with van der Waals surface area (Å²) in [5.74, 6) is -2.04. The summed E-state index contributed by atoms with van der Waals surface area (Å²) in [6.45, 7) is 3.71. The van der Waals surface area contributed by atoms with Gasteiger partial charge in [-0.3, -0.25) is 4.79 Å². The number of hydrogen-bond donors (Lipinski definition) is 1. The molecule has 0 atom stereocenters. The second-order valence-electron chi connectivity index (χ2n) is 6.27. The molecule has 5 nitrogen and oxygen atoms in total. The Labute approximate surface area is 170 Å². The lowest BCUT2D eigenvalue weighted by molar-refractivity contribution is 0.0951. The third-order valence-corrected chi connectivity index (χ3v) is 4.63. The fourth-order valence-corrected chi connectivity index (χ4v) is 3.10. The van der Waals surface area contributed by atoms with Crippen LogP contribution in [0.2, 0.25) is 5.02 Å². The maximum atomic E-state index is 13.9. The third kappa shape index (κ3) is 4.18. The van der Waals surface area contributed by atoms with Crippen LogP contribution in [-0.2, 0) is 0 Å². The van der Waals surface area contributed by atoms with Crippen LogP contribution in [0, 0.1) is 36.8 Å². The standard InChI is InChI=1S/C21H15ClF2N4O/c1-12-7-15(13(2)28(12)16-4-6-19(23)18(22)9-16)11-26-27-21(29)17-5-3-14(10-25)8-20(17)24/h3-9,11H,1-2H3,(H,27,29)/b26-11-. The minimum absolute atomic E-state index is 0.0157. The normalized spacial score (nSPS) is 10.9. The third-order valence-electron chi connectivity index (χ3n) is 4.34. The Balaban J connectivity index is 1.80. The molecule has 0 bridgehead atoms. The van der Waals surface area contributed by atoms with Crippen molar-refractivity contribution in [1.82, 2.24) is 9.99 Å². The van der Waals surface area contributed by atoms with Gasteiger partial charge in [-0.1, -0.05) is 11.6 Å². The lowest BCUT2D eigenvalue weighted by Crippen LogP contribution is -2.19. The number of hydrazone groups is 1. The average Bonchev–Trinajstić information content (AvgIpc) is 2.97. The van der Waals surface area contributed by atoms with E-state index in [2.05, 4.69) is 10.5 Å². The molecule has 3 aromatic rings. The van der Waals surface area contributed by atoms with Crippen LogP contribution in [-0.4, -0.2) is 16.7 Å². The molecule has 29 heavy (non-hydrogen) atoms. The molecule has 1 aromatic heterocycles. The van der Waals surface area contributed by atoms with E-state index in [-0.39, 0.29) is 16.1 Å². The first-order chi connectivity index (χ1) is 13.8. The van der Waals surface area contributed by atoms with E-state index in [9.17, 15) is 13.6 Å². The van der Waals surface area contributed by atoms with Gasteiger partial charge >= 0.3 is 0 Å². The van der Waals surface area contributed by atoms with Crippen molar-refractivity contribution in [3.63, 3.8) is 0 Å². The highest BCUT2D eigenvalue weighted by molar-refractivity contribution is 6.30. The molecule has 0 spiro atoms. The van der Waals surface area contributed by atoms with Crippen molar-refractivity contribution in [2.45, 2.75) is 13.8 Å². The number of amides is 1. The molecule has 0 aliphatic carbocycles. The molecule has 0 radical (unpaired) electrons. The number of hydrogen-bond acceptors (Lipinski definition) is 3. The van der Waals surface area contributed by atoms with Crippen molar-refractivity contribution in [1.29, 1.82) is 5.26 Å². The van der Waals surface area contributed by atoms with Crippen LogP contribution in [0.25, 0.3) is 5.69 Å². The molecular formula is C21H15ClF2N4O. The second-order valence-corrected chi connectivity index (χ2v) is 6.67. The molecule has 1 amide bonds. The minimum atomic E-state index is -0.803. The van der Waals surface area contributed by atoms with Gasteiger partial charge in [0, 0.05) is 22.6 Å². The molecule has 3 rings (SSSR count). The van der Waals surface area contributed by atoms with Crippen LogP contribution in [0.3, 0.4) is 0 Å². The molecule has 8 heteroatoms. The zero-order valence-electron chi connectivity index (χ0n) is 15.5. The molecule has 0 fully saturated rings. The summed E-state index contributed by atoms with van der Waals surface area (Å²) >= 11 is 5.87. The van der Waals surface area contributed by atoms with Crippen LogP contribution in [0.15, 0.2) is 47.6 Å². The number of benzene rings is 2. The van der Waals surface area contributed by atoms with Gasteiger partial charge in [-0.15, -0.1) is 0 Å². The maximum Gasteiger partial charge on any atom is 0.274 e. The second kappa shape index (κ2) is 8.25. The molecule has 1 heterocycles. The number of nitrogens with one attached hydrogen (secondary N) is 1. The van der Waals surface area contributed by atoms with Crippen LogP contribution in [0.4, 0.5) is 8.78 Å². The van der Waals surface area contributed by atoms with Gasteiger partial charge in [0.2, 0.25) is 0 Å². The highest BCUT2D eigenvalue weighted by atomic mass is 35.5. The summed E-state index contributed by atoms with van der Waals surface area (Å²) in [6, 6.07) is 11.6. The van der Waals surface area contributed by atoms with Crippen molar-refractivity contribution in [2.24, 2.45) is 5.10 Å². The average molecular weight is 413 g/mol. The predicted octanol–water partition coefficient (Wildman–Crippen LogP) is 4.66. The fourth-order valence-electron chi connectivity index (χ4n) is 2.93. The number of nitriles is 1. The maximum absolute atomic E-state index is 13.9. The van der Waals surface area contributed by atoms with Crippen LogP contribution >= 0.6 is 11.6 Å². The Hall–Kier alpha value is -3.50. The first-order valence-electron chi connectivity index (χ1n) is 8.49. The van der Waals surface area contributed by atoms with Crippen LogP contribution in [0.1, 0.15) is 32.9 Å². The lowest BCUT2D eigenvalue weighted by Gasteiger charge is -2.10. The van der Waals surface area contributed by atoms with Crippen molar-refractivity contribution in [3.05, 3.63) is 87.2 Å². The zero-order valence-corrected chi connectivity index (χ0v) is 16.3. The van der Waals surface area contributed by atoms with E-state index < -0.39 is 17.5 Å². The molecular weight excluding hydrogens is 398 g/mol. The van der Waals surface area contributed by atoms with Gasteiger partial charge in [0.1, 0.15) is 11.6 Å². The molecule has 1 N–H and O–H groups in total. The molecule has 0 aliphatic rings. The molecule has 0 unspecified atom stereocenters. The first-order valence-corrected chi connectivity index (χ1v) is 8.87. The smallest absolute Gasteiger partial charge is 0.274 e. The highest BCUT2D eigenvalue weighted by Crippen LogP contribution is 2.24. The van der Waals surface area contributed by atoms with E-state index in [0.717, 1.165) is 17.5 Å². The Kier molecular flexibility index (Phi) is 5.76. The summed E-state index contributed by atoms with van der Waals surface area (Å²) in [4.78, 5) is 12.1. The van der Waals surface area contributed by atoms with E-state index in [1.54, 1.807) is 12.1 Å². The zero-order chi connectivity index (χ0) is 21.1. The SMILES string of the molecule is Cc1cc(/C=N\NC(=O)c2ccc(C#N)cc2F)c(C)n1-c1ccc(F)c(Cl)c1. The number of aryl methyl sites for hydroxylation is 1. The van der Waals surface area contributed by atoms with E-state index >= 15 is 0 Å². The Morgan fingerprint density at radius 3 is 2.59 bits per heavy atom. The topological polar surface area (TPSA) is 70.2 Å². The Bertz CT molecular complexity index is 1180. The highest BCUT2D eigenvalue weighted by Gasteiger charge is 2.13. The van der Waals surface area contributed by atoms with Crippen LogP contribution < -0.4 is 5.43 Å². The monoisotopic (exact) mass is 412 g/mol. The van der Waals surface area contributed by atoms with Gasteiger partial charge in [-0.05, 0) is 56.3 Å². The van der Waals surface area contributed by atoms with Crippen molar-refractivity contribution in [2.75, 3.05) is 0 Å². The molecule has 0 saturated carbocycles. The number of halogens is 3. The summed E-state index contributed by atoms with van der Waals surface area (Å²) < 4.78 is 29.2. The van der Waals surface area contributed by atoms with Gasteiger partial charge < -0.3 is 4.57 Å².